The van der Waals surface area contributed by atoms with E-state index in [4.69, 9.17) is 4.74 Å². The van der Waals surface area contributed by atoms with Crippen LogP contribution in [0.15, 0.2) is 41.8 Å². The summed E-state index contributed by atoms with van der Waals surface area (Å²) < 4.78 is 4.97. The van der Waals surface area contributed by atoms with Crippen LogP contribution in [0.25, 0.3) is 0 Å². The van der Waals surface area contributed by atoms with Gasteiger partial charge >= 0.3 is 5.97 Å². The van der Waals surface area contributed by atoms with E-state index in [1.54, 1.807) is 36.1 Å². The van der Waals surface area contributed by atoms with Crippen molar-refractivity contribution < 1.29 is 23.9 Å². The van der Waals surface area contributed by atoms with E-state index in [1.807, 2.05) is 26.2 Å². The molecule has 164 valence electrons. The molecule has 3 amide bonds. The Morgan fingerprint density at radius 2 is 1.84 bits per heavy atom. The Balaban J connectivity index is 1.91. The predicted molar refractivity (Wildman–Crippen MR) is 118 cm³/mol. The molecular weight excluding hydrogens is 416 g/mol. The van der Waals surface area contributed by atoms with E-state index in [0.717, 1.165) is 4.90 Å². The van der Waals surface area contributed by atoms with E-state index < -0.39 is 23.5 Å². The summed E-state index contributed by atoms with van der Waals surface area (Å²) in [5.41, 5.74) is 0.0806. The first kappa shape index (κ1) is 22.7. The number of hydrogen-bond acceptors (Lipinski definition) is 6. The molecule has 3 rings (SSSR count). The molecule has 1 aliphatic rings. The predicted octanol–water partition coefficient (Wildman–Crippen LogP) is 3.89. The van der Waals surface area contributed by atoms with Gasteiger partial charge in [-0.1, -0.05) is 13.0 Å². The Morgan fingerprint density at radius 1 is 1.16 bits per heavy atom. The summed E-state index contributed by atoms with van der Waals surface area (Å²) in [6, 6.07) is 8.74. The van der Waals surface area contributed by atoms with Gasteiger partial charge in [-0.15, -0.1) is 11.3 Å². The quantitative estimate of drug-likeness (QED) is 0.480. The Bertz CT molecular complexity index is 982. The molecule has 1 aromatic heterocycles. The Hall–Kier alpha value is -3.00. The molecular formula is C23H26N2O5S. The summed E-state index contributed by atoms with van der Waals surface area (Å²) in [6.07, 6.45) is 0.537. The van der Waals surface area contributed by atoms with Crippen LogP contribution in [0, 0.1) is 0 Å². The van der Waals surface area contributed by atoms with Crippen molar-refractivity contribution in [3.8, 4) is 0 Å². The van der Waals surface area contributed by atoms with Crippen molar-refractivity contribution in [3.63, 3.8) is 0 Å². The second kappa shape index (κ2) is 9.01. The van der Waals surface area contributed by atoms with E-state index in [-0.39, 0.29) is 24.8 Å². The lowest BCUT2D eigenvalue weighted by Gasteiger charge is -2.41. The van der Waals surface area contributed by atoms with Crippen molar-refractivity contribution in [1.29, 1.82) is 0 Å². The average molecular weight is 443 g/mol. The van der Waals surface area contributed by atoms with Gasteiger partial charge in [0.15, 0.2) is 0 Å². The van der Waals surface area contributed by atoms with Gasteiger partial charge in [0, 0.05) is 5.54 Å². The van der Waals surface area contributed by atoms with Crippen LogP contribution < -0.4 is 4.90 Å². The molecule has 1 unspecified atom stereocenters. The number of rotatable bonds is 7. The molecule has 8 heteroatoms. The fraction of sp³-hybridized carbons (Fsp3) is 0.391. The molecule has 0 spiro atoms. The van der Waals surface area contributed by atoms with Gasteiger partial charge in [0.25, 0.3) is 11.8 Å². The average Bonchev–Trinajstić information content (AvgIpc) is 3.37. The number of esters is 1. The van der Waals surface area contributed by atoms with Crippen LogP contribution in [0.3, 0.4) is 0 Å². The molecule has 0 aliphatic carbocycles. The van der Waals surface area contributed by atoms with Gasteiger partial charge in [0.2, 0.25) is 5.91 Å². The highest BCUT2D eigenvalue weighted by Gasteiger charge is 2.48. The standard InChI is InChI=1S/C23H26N2O5S/c1-5-23(3,4)25(21(28)18-8-7-13-31-18)17-14-19(26)24(20(17)27)16-11-9-15(10-12-16)22(29)30-6-2/h7-13,17H,5-6,14H2,1-4H3. The number of imide groups is 1. The van der Waals surface area contributed by atoms with E-state index in [9.17, 15) is 19.2 Å². The van der Waals surface area contributed by atoms with Gasteiger partial charge in [0.1, 0.15) is 6.04 Å². The van der Waals surface area contributed by atoms with Crippen LogP contribution in [-0.2, 0) is 14.3 Å². The zero-order valence-electron chi connectivity index (χ0n) is 18.1. The Labute approximate surface area is 185 Å². The first-order valence-corrected chi connectivity index (χ1v) is 11.1. The molecule has 0 bridgehead atoms. The Kier molecular flexibility index (Phi) is 6.59. The van der Waals surface area contributed by atoms with Crippen LogP contribution in [0.4, 0.5) is 5.69 Å². The van der Waals surface area contributed by atoms with Gasteiger partial charge in [-0.2, -0.15) is 0 Å². The van der Waals surface area contributed by atoms with Gasteiger partial charge < -0.3 is 9.64 Å². The number of carbonyl (C=O) groups excluding carboxylic acids is 4. The summed E-state index contributed by atoms with van der Waals surface area (Å²) in [5.74, 6) is -1.55. The lowest BCUT2D eigenvalue weighted by molar-refractivity contribution is -0.123. The van der Waals surface area contributed by atoms with Crippen molar-refractivity contribution in [3.05, 3.63) is 52.2 Å². The minimum atomic E-state index is -0.887. The van der Waals surface area contributed by atoms with Gasteiger partial charge in [-0.05, 0) is 62.9 Å². The maximum atomic E-state index is 13.3. The third-order valence-corrected chi connectivity index (χ3v) is 6.40. The van der Waals surface area contributed by atoms with E-state index in [0.29, 0.717) is 22.5 Å². The van der Waals surface area contributed by atoms with E-state index in [2.05, 4.69) is 0 Å². The second-order valence-electron chi connectivity index (χ2n) is 7.87. The smallest absolute Gasteiger partial charge is 0.338 e. The summed E-state index contributed by atoms with van der Waals surface area (Å²) in [5, 5.41) is 1.81. The molecule has 0 N–H and O–H groups in total. The highest BCUT2D eigenvalue weighted by molar-refractivity contribution is 7.12. The number of amides is 3. The highest BCUT2D eigenvalue weighted by atomic mass is 32.1. The molecule has 1 aliphatic heterocycles. The lowest BCUT2D eigenvalue weighted by Crippen LogP contribution is -2.55. The molecule has 1 saturated heterocycles. The number of thiophene rings is 1. The number of nitrogens with zero attached hydrogens (tertiary/aromatic N) is 2. The highest BCUT2D eigenvalue weighted by Crippen LogP contribution is 2.33. The lowest BCUT2D eigenvalue weighted by atomic mass is 9.95. The third-order valence-electron chi connectivity index (χ3n) is 5.54. The van der Waals surface area contributed by atoms with Crippen molar-refractivity contribution in [2.45, 2.75) is 52.1 Å². The number of ether oxygens (including phenoxy) is 1. The summed E-state index contributed by atoms with van der Waals surface area (Å²) >= 11 is 1.31. The summed E-state index contributed by atoms with van der Waals surface area (Å²) in [7, 11) is 0. The first-order chi connectivity index (χ1) is 14.7. The number of carbonyl (C=O) groups is 4. The number of hydrogen-bond donors (Lipinski definition) is 0. The van der Waals surface area contributed by atoms with Crippen molar-refractivity contribution in [2.75, 3.05) is 11.5 Å². The molecule has 0 saturated carbocycles. The molecule has 1 aromatic carbocycles. The molecule has 7 nitrogen and oxygen atoms in total. The first-order valence-electron chi connectivity index (χ1n) is 10.2. The second-order valence-corrected chi connectivity index (χ2v) is 8.82. The molecule has 0 radical (unpaired) electrons. The summed E-state index contributed by atoms with van der Waals surface area (Å²) in [4.78, 5) is 54.5. The SMILES string of the molecule is CCOC(=O)c1ccc(N2C(=O)CC(N(C(=O)c3cccs3)C(C)(C)CC)C2=O)cc1. The van der Waals surface area contributed by atoms with Crippen LogP contribution in [0.1, 0.15) is 60.6 Å². The molecule has 2 heterocycles. The topological polar surface area (TPSA) is 84.0 Å². The van der Waals surface area contributed by atoms with Crippen LogP contribution in [0.5, 0.6) is 0 Å². The zero-order valence-corrected chi connectivity index (χ0v) is 18.9. The largest absolute Gasteiger partial charge is 0.462 e. The Morgan fingerprint density at radius 3 is 2.39 bits per heavy atom. The van der Waals surface area contributed by atoms with Crippen molar-refractivity contribution >= 4 is 40.7 Å². The molecule has 1 atom stereocenters. The normalized spacial score (nSPS) is 16.5. The van der Waals surface area contributed by atoms with Crippen molar-refractivity contribution in [1.82, 2.24) is 4.90 Å². The van der Waals surface area contributed by atoms with Crippen LogP contribution in [0.2, 0.25) is 0 Å². The van der Waals surface area contributed by atoms with Crippen LogP contribution in [-0.4, -0.2) is 46.8 Å². The molecule has 2 aromatic rings. The fourth-order valence-corrected chi connectivity index (χ4v) is 4.24. The molecule has 31 heavy (non-hydrogen) atoms. The van der Waals surface area contributed by atoms with E-state index >= 15 is 0 Å². The number of benzene rings is 1. The van der Waals surface area contributed by atoms with Crippen molar-refractivity contribution in [2.24, 2.45) is 0 Å². The molecule has 1 fully saturated rings. The fourth-order valence-electron chi connectivity index (χ4n) is 3.58. The maximum absolute atomic E-state index is 13.3. The van der Waals surface area contributed by atoms with Crippen LogP contribution >= 0.6 is 11.3 Å². The van der Waals surface area contributed by atoms with Gasteiger partial charge in [0.05, 0.1) is 29.2 Å². The zero-order chi connectivity index (χ0) is 22.8. The van der Waals surface area contributed by atoms with Gasteiger partial charge in [-0.25, -0.2) is 9.69 Å². The number of anilines is 1. The summed E-state index contributed by atoms with van der Waals surface area (Å²) in [6.45, 7) is 7.71. The van der Waals surface area contributed by atoms with Gasteiger partial charge in [-0.3, -0.25) is 14.4 Å². The third kappa shape index (κ3) is 4.39. The van der Waals surface area contributed by atoms with E-state index in [1.165, 1.54) is 23.5 Å². The monoisotopic (exact) mass is 442 g/mol. The maximum Gasteiger partial charge on any atom is 0.338 e. The minimum absolute atomic E-state index is 0.0843. The minimum Gasteiger partial charge on any atom is -0.462 e.